The minimum atomic E-state index is 0.738. The molecular weight excluding hydrogens is 218 g/mol. The number of hydrogen-bond acceptors (Lipinski definition) is 1. The summed E-state index contributed by atoms with van der Waals surface area (Å²) in [6.07, 6.45) is 5.46. The van der Waals surface area contributed by atoms with Crippen molar-refractivity contribution in [3.8, 4) is 0 Å². The van der Waals surface area contributed by atoms with Crippen LogP contribution in [0, 0.1) is 12.8 Å². The van der Waals surface area contributed by atoms with Gasteiger partial charge in [-0.05, 0) is 49.3 Å². The second-order valence-corrected chi connectivity index (χ2v) is 5.84. The van der Waals surface area contributed by atoms with Crippen molar-refractivity contribution < 1.29 is 0 Å². The Hall–Kier alpha value is -1.37. The van der Waals surface area contributed by atoms with Crippen LogP contribution in [0.5, 0.6) is 0 Å². The number of fused-ring (bicyclic) bond motifs is 1. The first-order valence-electron chi connectivity index (χ1n) is 7.10. The molecule has 1 aliphatic rings. The van der Waals surface area contributed by atoms with Crippen molar-refractivity contribution in [2.75, 3.05) is 0 Å². The fraction of sp³-hybridized carbons (Fsp3) is 0.471. The Labute approximate surface area is 109 Å². The SMILES string of the molecule is Cc1ccc2c(C3CCCC(C)C3)cccc2n1. The lowest BCUT2D eigenvalue weighted by Crippen LogP contribution is -2.12. The van der Waals surface area contributed by atoms with E-state index in [4.69, 9.17) is 0 Å². The minimum absolute atomic E-state index is 0.738. The van der Waals surface area contributed by atoms with E-state index in [9.17, 15) is 0 Å². The molecule has 0 N–H and O–H groups in total. The molecular formula is C17H21N. The lowest BCUT2D eigenvalue weighted by atomic mass is 9.78. The van der Waals surface area contributed by atoms with Crippen LogP contribution in [-0.2, 0) is 0 Å². The fourth-order valence-corrected chi connectivity index (χ4v) is 3.35. The van der Waals surface area contributed by atoms with Crippen molar-refractivity contribution in [3.63, 3.8) is 0 Å². The van der Waals surface area contributed by atoms with Gasteiger partial charge >= 0.3 is 0 Å². The normalized spacial score (nSPS) is 24.3. The number of nitrogens with zero attached hydrogens (tertiary/aromatic N) is 1. The van der Waals surface area contributed by atoms with Crippen LogP contribution in [0.2, 0.25) is 0 Å². The summed E-state index contributed by atoms with van der Waals surface area (Å²) < 4.78 is 0. The predicted molar refractivity (Wildman–Crippen MR) is 76.9 cm³/mol. The van der Waals surface area contributed by atoms with Gasteiger partial charge in [-0.25, -0.2) is 0 Å². The average molecular weight is 239 g/mol. The highest BCUT2D eigenvalue weighted by Gasteiger charge is 2.21. The van der Waals surface area contributed by atoms with Gasteiger partial charge in [-0.2, -0.15) is 0 Å². The third-order valence-corrected chi connectivity index (χ3v) is 4.28. The Morgan fingerprint density at radius 2 is 2.00 bits per heavy atom. The van der Waals surface area contributed by atoms with Gasteiger partial charge in [0.15, 0.2) is 0 Å². The van der Waals surface area contributed by atoms with Crippen molar-refractivity contribution in [2.24, 2.45) is 5.92 Å². The number of aryl methyl sites for hydroxylation is 1. The molecule has 3 rings (SSSR count). The van der Waals surface area contributed by atoms with E-state index >= 15 is 0 Å². The second kappa shape index (κ2) is 4.72. The highest BCUT2D eigenvalue weighted by Crippen LogP contribution is 2.38. The summed E-state index contributed by atoms with van der Waals surface area (Å²) in [5.41, 5.74) is 3.79. The van der Waals surface area contributed by atoms with Gasteiger partial charge in [-0.3, -0.25) is 4.98 Å². The van der Waals surface area contributed by atoms with Gasteiger partial charge < -0.3 is 0 Å². The summed E-state index contributed by atoms with van der Waals surface area (Å²) in [4.78, 5) is 4.65. The van der Waals surface area contributed by atoms with Crippen molar-refractivity contribution in [1.82, 2.24) is 4.98 Å². The van der Waals surface area contributed by atoms with Crippen LogP contribution in [0.3, 0.4) is 0 Å². The number of pyridine rings is 1. The Morgan fingerprint density at radius 3 is 2.83 bits per heavy atom. The van der Waals surface area contributed by atoms with E-state index < -0.39 is 0 Å². The molecule has 0 radical (unpaired) electrons. The van der Waals surface area contributed by atoms with Crippen LogP contribution in [0.15, 0.2) is 30.3 Å². The Balaban J connectivity index is 2.05. The first kappa shape index (κ1) is 11.7. The highest BCUT2D eigenvalue weighted by molar-refractivity contribution is 5.82. The average Bonchev–Trinajstić information content (AvgIpc) is 2.37. The number of benzene rings is 1. The van der Waals surface area contributed by atoms with Gasteiger partial charge in [0.2, 0.25) is 0 Å². The van der Waals surface area contributed by atoms with Gasteiger partial charge in [0.05, 0.1) is 5.52 Å². The van der Waals surface area contributed by atoms with Gasteiger partial charge in [0.1, 0.15) is 0 Å². The number of hydrogen-bond donors (Lipinski definition) is 0. The molecule has 94 valence electrons. The standard InChI is InChI=1S/C17H21N/c1-12-5-3-6-14(11-12)15-7-4-8-17-16(15)10-9-13(2)18-17/h4,7-10,12,14H,3,5-6,11H2,1-2H3. The summed E-state index contributed by atoms with van der Waals surface area (Å²) in [5, 5.41) is 1.36. The van der Waals surface area contributed by atoms with E-state index in [1.54, 1.807) is 0 Å². The van der Waals surface area contributed by atoms with Gasteiger partial charge in [0, 0.05) is 11.1 Å². The summed E-state index contributed by atoms with van der Waals surface area (Å²) in [5.74, 6) is 1.61. The monoisotopic (exact) mass is 239 g/mol. The van der Waals surface area contributed by atoms with Crippen molar-refractivity contribution in [2.45, 2.75) is 45.4 Å². The van der Waals surface area contributed by atoms with E-state index in [1.807, 2.05) is 0 Å². The highest BCUT2D eigenvalue weighted by atomic mass is 14.7. The van der Waals surface area contributed by atoms with Crippen LogP contribution in [0.1, 0.15) is 49.8 Å². The quantitative estimate of drug-likeness (QED) is 0.694. The van der Waals surface area contributed by atoms with Crippen LogP contribution < -0.4 is 0 Å². The molecule has 1 saturated carbocycles. The maximum absolute atomic E-state index is 4.65. The zero-order valence-corrected chi connectivity index (χ0v) is 11.3. The van der Waals surface area contributed by atoms with Crippen LogP contribution in [0.25, 0.3) is 10.9 Å². The third-order valence-electron chi connectivity index (χ3n) is 4.28. The molecule has 1 nitrogen and oxygen atoms in total. The lowest BCUT2D eigenvalue weighted by molar-refractivity contribution is 0.345. The lowest BCUT2D eigenvalue weighted by Gasteiger charge is -2.27. The third kappa shape index (κ3) is 2.14. The molecule has 0 saturated heterocycles. The molecule has 1 aliphatic carbocycles. The molecule has 1 heteroatoms. The van der Waals surface area contributed by atoms with Crippen molar-refractivity contribution >= 4 is 10.9 Å². The summed E-state index contributed by atoms with van der Waals surface area (Å²) in [7, 11) is 0. The van der Waals surface area contributed by atoms with Crippen molar-refractivity contribution in [3.05, 3.63) is 41.6 Å². The molecule has 0 aliphatic heterocycles. The zero-order chi connectivity index (χ0) is 12.5. The first-order chi connectivity index (χ1) is 8.74. The van der Waals surface area contributed by atoms with Gasteiger partial charge in [-0.1, -0.05) is 38.0 Å². The Bertz CT molecular complexity index is 559. The number of rotatable bonds is 1. The molecule has 1 aromatic carbocycles. The van der Waals surface area contributed by atoms with Gasteiger partial charge in [0.25, 0.3) is 0 Å². The molecule has 18 heavy (non-hydrogen) atoms. The molecule has 2 aromatic rings. The molecule has 0 bridgehead atoms. The van der Waals surface area contributed by atoms with E-state index in [2.05, 4.69) is 49.2 Å². The topological polar surface area (TPSA) is 12.9 Å². The van der Waals surface area contributed by atoms with Crippen LogP contribution >= 0.6 is 0 Å². The largest absolute Gasteiger partial charge is 0.253 e. The molecule has 0 amide bonds. The zero-order valence-electron chi connectivity index (χ0n) is 11.3. The maximum Gasteiger partial charge on any atom is 0.0708 e. The second-order valence-electron chi connectivity index (χ2n) is 5.84. The van der Waals surface area contributed by atoms with Crippen molar-refractivity contribution in [1.29, 1.82) is 0 Å². The maximum atomic E-state index is 4.65. The summed E-state index contributed by atoms with van der Waals surface area (Å²) in [6.45, 7) is 4.45. The molecule has 2 unspecified atom stereocenters. The van der Waals surface area contributed by atoms with E-state index in [0.29, 0.717) is 0 Å². The smallest absolute Gasteiger partial charge is 0.0708 e. The minimum Gasteiger partial charge on any atom is -0.253 e. The fourth-order valence-electron chi connectivity index (χ4n) is 3.35. The molecule has 1 heterocycles. The molecule has 0 spiro atoms. The molecule has 2 atom stereocenters. The Kier molecular flexibility index (Phi) is 3.07. The Morgan fingerprint density at radius 1 is 1.11 bits per heavy atom. The van der Waals surface area contributed by atoms with E-state index in [0.717, 1.165) is 23.0 Å². The van der Waals surface area contributed by atoms with Crippen LogP contribution in [0.4, 0.5) is 0 Å². The molecule has 1 aromatic heterocycles. The molecule has 1 fully saturated rings. The number of aromatic nitrogens is 1. The predicted octanol–water partition coefficient (Wildman–Crippen LogP) is 4.84. The first-order valence-corrected chi connectivity index (χ1v) is 7.10. The van der Waals surface area contributed by atoms with E-state index in [1.165, 1.54) is 36.6 Å². The van der Waals surface area contributed by atoms with Crippen LogP contribution in [-0.4, -0.2) is 4.98 Å². The van der Waals surface area contributed by atoms with E-state index in [-0.39, 0.29) is 0 Å². The summed E-state index contributed by atoms with van der Waals surface area (Å²) in [6, 6.07) is 11.0. The van der Waals surface area contributed by atoms with Gasteiger partial charge in [-0.15, -0.1) is 0 Å². The summed E-state index contributed by atoms with van der Waals surface area (Å²) >= 11 is 0.